The molecule has 128 valence electrons. The van der Waals surface area contributed by atoms with Crippen LogP contribution in [-0.2, 0) is 11.1 Å². The Balaban J connectivity index is 1.80. The van der Waals surface area contributed by atoms with Gasteiger partial charge in [-0.1, -0.05) is 66.2 Å². The Hall–Kier alpha value is -2.26. The SMILES string of the molecule is O=P(NCc1ccccc1Cl)(Oc1ccccc1)Oc1ccccc1. The van der Waals surface area contributed by atoms with E-state index in [9.17, 15) is 4.57 Å². The van der Waals surface area contributed by atoms with Gasteiger partial charge in [0.1, 0.15) is 11.5 Å². The Labute approximate surface area is 152 Å². The predicted molar refractivity (Wildman–Crippen MR) is 100 cm³/mol. The molecule has 0 aliphatic carbocycles. The van der Waals surface area contributed by atoms with Crippen LogP contribution in [0.2, 0.25) is 5.02 Å². The van der Waals surface area contributed by atoms with Gasteiger partial charge in [0.15, 0.2) is 0 Å². The van der Waals surface area contributed by atoms with E-state index in [0.717, 1.165) is 5.56 Å². The van der Waals surface area contributed by atoms with E-state index in [4.69, 9.17) is 20.6 Å². The molecule has 0 saturated carbocycles. The first-order valence-electron chi connectivity index (χ1n) is 7.72. The van der Waals surface area contributed by atoms with E-state index in [1.165, 1.54) is 0 Å². The van der Waals surface area contributed by atoms with E-state index in [2.05, 4.69) is 5.09 Å². The second-order valence-electron chi connectivity index (χ2n) is 5.23. The average Bonchev–Trinajstić information content (AvgIpc) is 2.63. The van der Waals surface area contributed by atoms with Crippen molar-refractivity contribution >= 4 is 19.3 Å². The number of rotatable bonds is 7. The predicted octanol–water partition coefficient (Wildman–Crippen LogP) is 5.70. The van der Waals surface area contributed by atoms with E-state index in [0.29, 0.717) is 16.5 Å². The normalized spacial score (nSPS) is 11.1. The molecule has 4 nitrogen and oxygen atoms in total. The zero-order valence-corrected chi connectivity index (χ0v) is 15.0. The molecule has 0 radical (unpaired) electrons. The molecular formula is C19H17ClNO3P. The van der Waals surface area contributed by atoms with Crippen molar-refractivity contribution in [3.63, 3.8) is 0 Å². The van der Waals surface area contributed by atoms with Crippen LogP contribution in [0.3, 0.4) is 0 Å². The molecule has 0 fully saturated rings. The summed E-state index contributed by atoms with van der Waals surface area (Å²) >= 11 is 6.16. The minimum Gasteiger partial charge on any atom is -0.405 e. The lowest BCUT2D eigenvalue weighted by atomic mass is 10.2. The third-order valence-electron chi connectivity index (χ3n) is 3.36. The molecule has 25 heavy (non-hydrogen) atoms. The number of hydrogen-bond donors (Lipinski definition) is 1. The van der Waals surface area contributed by atoms with Crippen LogP contribution in [0.4, 0.5) is 0 Å². The lowest BCUT2D eigenvalue weighted by Gasteiger charge is -2.20. The lowest BCUT2D eigenvalue weighted by molar-refractivity contribution is 0.370. The largest absolute Gasteiger partial charge is 0.513 e. The van der Waals surface area contributed by atoms with Crippen molar-refractivity contribution in [1.29, 1.82) is 0 Å². The zero-order valence-electron chi connectivity index (χ0n) is 13.3. The quantitative estimate of drug-likeness (QED) is 0.540. The second kappa shape index (κ2) is 8.21. The highest BCUT2D eigenvalue weighted by Crippen LogP contribution is 2.45. The van der Waals surface area contributed by atoms with Crippen LogP contribution in [0.5, 0.6) is 11.5 Å². The summed E-state index contributed by atoms with van der Waals surface area (Å²) in [5.41, 5.74) is 0.803. The Kier molecular flexibility index (Phi) is 5.77. The molecule has 0 saturated heterocycles. The third-order valence-corrected chi connectivity index (χ3v) is 5.18. The van der Waals surface area contributed by atoms with Crippen LogP contribution in [0.1, 0.15) is 5.56 Å². The summed E-state index contributed by atoms with van der Waals surface area (Å²) in [5.74, 6) is 0.904. The number of hydrogen-bond acceptors (Lipinski definition) is 3. The van der Waals surface area contributed by atoms with Gasteiger partial charge in [-0.3, -0.25) is 0 Å². The summed E-state index contributed by atoms with van der Waals surface area (Å²) in [5, 5.41) is 3.46. The molecule has 6 heteroatoms. The van der Waals surface area contributed by atoms with Gasteiger partial charge in [-0.2, -0.15) is 5.09 Å². The molecule has 0 heterocycles. The van der Waals surface area contributed by atoms with Gasteiger partial charge < -0.3 is 9.05 Å². The molecule has 3 aromatic rings. The van der Waals surface area contributed by atoms with E-state index < -0.39 is 7.75 Å². The zero-order chi connectivity index (χ0) is 17.5. The maximum Gasteiger partial charge on any atom is 0.513 e. The van der Waals surface area contributed by atoms with Crippen LogP contribution in [0.15, 0.2) is 84.9 Å². The fraction of sp³-hybridized carbons (Fsp3) is 0.0526. The topological polar surface area (TPSA) is 47.6 Å². The fourth-order valence-electron chi connectivity index (χ4n) is 2.15. The highest BCUT2D eigenvalue weighted by atomic mass is 35.5. The first-order valence-corrected chi connectivity index (χ1v) is 9.65. The molecule has 0 spiro atoms. The smallest absolute Gasteiger partial charge is 0.405 e. The first kappa shape index (κ1) is 17.6. The molecule has 0 atom stereocenters. The molecule has 0 amide bonds. The maximum absolute atomic E-state index is 13.2. The van der Waals surface area contributed by atoms with E-state index >= 15 is 0 Å². The molecule has 0 aromatic heterocycles. The highest BCUT2D eigenvalue weighted by molar-refractivity contribution is 7.52. The molecule has 0 aliphatic heterocycles. The maximum atomic E-state index is 13.2. The van der Waals surface area contributed by atoms with Crippen molar-refractivity contribution in [1.82, 2.24) is 5.09 Å². The van der Waals surface area contributed by atoms with Crippen molar-refractivity contribution in [3.8, 4) is 11.5 Å². The van der Waals surface area contributed by atoms with Crippen LogP contribution in [0, 0.1) is 0 Å². The summed E-state index contributed by atoms with van der Waals surface area (Å²) in [6, 6.07) is 25.1. The molecule has 0 bridgehead atoms. The summed E-state index contributed by atoms with van der Waals surface area (Å²) in [7, 11) is -3.66. The number of nitrogens with one attached hydrogen (secondary N) is 1. The Morgan fingerprint density at radius 2 is 1.24 bits per heavy atom. The third kappa shape index (κ3) is 5.10. The summed E-state index contributed by atoms with van der Waals surface area (Å²) in [6.07, 6.45) is 0. The van der Waals surface area contributed by atoms with Crippen molar-refractivity contribution in [3.05, 3.63) is 95.5 Å². The highest BCUT2D eigenvalue weighted by Gasteiger charge is 2.28. The lowest BCUT2D eigenvalue weighted by Crippen LogP contribution is -2.18. The standard InChI is InChI=1S/C19H17ClNO3P/c20-19-14-8-7-9-16(19)15-21-25(22,23-17-10-3-1-4-11-17)24-18-12-5-2-6-13-18/h1-14H,15H2,(H,21,22). The van der Waals surface area contributed by atoms with Gasteiger partial charge in [-0.15, -0.1) is 0 Å². The molecular weight excluding hydrogens is 357 g/mol. The van der Waals surface area contributed by atoms with E-state index in [-0.39, 0.29) is 6.54 Å². The Morgan fingerprint density at radius 1 is 0.760 bits per heavy atom. The van der Waals surface area contributed by atoms with Crippen LogP contribution < -0.4 is 14.1 Å². The van der Waals surface area contributed by atoms with Crippen LogP contribution >= 0.6 is 19.3 Å². The number of benzene rings is 3. The van der Waals surface area contributed by atoms with Gasteiger partial charge in [-0.25, -0.2) is 4.57 Å². The van der Waals surface area contributed by atoms with Crippen molar-refractivity contribution < 1.29 is 13.6 Å². The van der Waals surface area contributed by atoms with E-state index in [1.807, 2.05) is 30.3 Å². The van der Waals surface area contributed by atoms with Crippen molar-refractivity contribution in [2.75, 3.05) is 0 Å². The summed E-state index contributed by atoms with van der Waals surface area (Å²) in [6.45, 7) is 0.247. The van der Waals surface area contributed by atoms with Crippen molar-refractivity contribution in [2.45, 2.75) is 6.54 Å². The minimum atomic E-state index is -3.66. The van der Waals surface area contributed by atoms with Crippen molar-refractivity contribution in [2.24, 2.45) is 0 Å². The number of para-hydroxylation sites is 2. The van der Waals surface area contributed by atoms with Gasteiger partial charge in [0.2, 0.25) is 0 Å². The van der Waals surface area contributed by atoms with Gasteiger partial charge in [-0.05, 0) is 35.9 Å². The van der Waals surface area contributed by atoms with Gasteiger partial charge in [0.05, 0.1) is 0 Å². The van der Waals surface area contributed by atoms with E-state index in [1.54, 1.807) is 54.6 Å². The minimum absolute atomic E-state index is 0.247. The van der Waals surface area contributed by atoms with Gasteiger partial charge in [0.25, 0.3) is 0 Å². The Morgan fingerprint density at radius 3 is 1.76 bits per heavy atom. The average molecular weight is 374 g/mol. The summed E-state index contributed by atoms with van der Waals surface area (Å²) < 4.78 is 24.5. The molecule has 3 rings (SSSR count). The monoisotopic (exact) mass is 373 g/mol. The molecule has 0 unspecified atom stereocenters. The fourth-order valence-corrected chi connectivity index (χ4v) is 3.68. The molecule has 3 aromatic carbocycles. The first-order chi connectivity index (χ1) is 12.1. The summed E-state index contributed by atoms with van der Waals surface area (Å²) in [4.78, 5) is 0. The Bertz CT molecular complexity index is 813. The van der Waals surface area contributed by atoms with Gasteiger partial charge >= 0.3 is 7.75 Å². The number of halogens is 1. The molecule has 0 aliphatic rings. The molecule has 1 N–H and O–H groups in total. The van der Waals surface area contributed by atoms with Crippen LogP contribution in [0.25, 0.3) is 0 Å². The second-order valence-corrected chi connectivity index (χ2v) is 7.32. The van der Waals surface area contributed by atoms with Crippen LogP contribution in [-0.4, -0.2) is 0 Å². The van der Waals surface area contributed by atoms with Gasteiger partial charge in [0, 0.05) is 11.6 Å².